The number of nitrogens with two attached hydrogens (primary N) is 1. The summed E-state index contributed by atoms with van der Waals surface area (Å²) in [7, 11) is 0. The van der Waals surface area contributed by atoms with Gasteiger partial charge >= 0.3 is 0 Å². The van der Waals surface area contributed by atoms with E-state index in [1.807, 2.05) is 10.7 Å². The molecule has 1 heterocycles. The van der Waals surface area contributed by atoms with Gasteiger partial charge in [0.25, 0.3) is 0 Å². The predicted molar refractivity (Wildman–Crippen MR) is 79.9 cm³/mol. The van der Waals surface area contributed by atoms with Gasteiger partial charge in [0.2, 0.25) is 0 Å². The van der Waals surface area contributed by atoms with Gasteiger partial charge in [-0.1, -0.05) is 34.1 Å². The van der Waals surface area contributed by atoms with Crippen LogP contribution >= 0.6 is 15.9 Å². The summed E-state index contributed by atoms with van der Waals surface area (Å²) in [6.45, 7) is 6.25. The van der Waals surface area contributed by atoms with Gasteiger partial charge < -0.3 is 5.73 Å². The number of halogens is 1. The smallest absolute Gasteiger partial charge is 0.138 e. The fourth-order valence-corrected chi connectivity index (χ4v) is 2.67. The van der Waals surface area contributed by atoms with Crippen LogP contribution in [0.5, 0.6) is 0 Å². The minimum atomic E-state index is -0.0871. The van der Waals surface area contributed by atoms with Crippen molar-refractivity contribution in [2.75, 3.05) is 0 Å². The van der Waals surface area contributed by atoms with Crippen molar-refractivity contribution < 1.29 is 0 Å². The van der Waals surface area contributed by atoms with Crippen LogP contribution in [0.15, 0.2) is 29.0 Å². The first-order valence-electron chi connectivity index (χ1n) is 6.39. The highest BCUT2D eigenvalue weighted by Crippen LogP contribution is 2.27. The molecule has 4 nitrogen and oxygen atoms in total. The Morgan fingerprint density at radius 1 is 1.37 bits per heavy atom. The van der Waals surface area contributed by atoms with Crippen molar-refractivity contribution in [2.45, 2.75) is 39.3 Å². The van der Waals surface area contributed by atoms with Gasteiger partial charge in [0, 0.05) is 23.0 Å². The molecule has 0 aliphatic carbocycles. The second kappa shape index (κ2) is 5.84. The quantitative estimate of drug-likeness (QED) is 0.940. The minimum Gasteiger partial charge on any atom is -0.324 e. The third-order valence-corrected chi connectivity index (χ3v) is 4.24. The second-order valence-electron chi connectivity index (χ2n) is 5.00. The maximum Gasteiger partial charge on any atom is 0.138 e. The van der Waals surface area contributed by atoms with Crippen LogP contribution in [-0.2, 0) is 6.42 Å². The fourth-order valence-electron chi connectivity index (χ4n) is 2.11. The summed E-state index contributed by atoms with van der Waals surface area (Å²) in [5.41, 5.74) is 8.62. The molecule has 0 radical (unpaired) electrons. The van der Waals surface area contributed by atoms with E-state index < -0.39 is 0 Å². The summed E-state index contributed by atoms with van der Waals surface area (Å²) < 4.78 is 3.00. The van der Waals surface area contributed by atoms with E-state index in [1.165, 1.54) is 5.56 Å². The zero-order valence-electron chi connectivity index (χ0n) is 11.5. The minimum absolute atomic E-state index is 0.0871. The Balaban J connectivity index is 2.23. The molecule has 1 atom stereocenters. The van der Waals surface area contributed by atoms with E-state index in [2.05, 4.69) is 58.9 Å². The van der Waals surface area contributed by atoms with Crippen LogP contribution in [0.2, 0.25) is 0 Å². The molecule has 0 bridgehead atoms. The molecule has 1 aromatic heterocycles. The summed E-state index contributed by atoms with van der Waals surface area (Å²) in [5.74, 6) is 0.927. The second-order valence-corrected chi connectivity index (χ2v) is 5.80. The van der Waals surface area contributed by atoms with Gasteiger partial charge in [-0.25, -0.2) is 9.67 Å². The fraction of sp³-hybridized carbons (Fsp3) is 0.429. The maximum atomic E-state index is 6.31. The van der Waals surface area contributed by atoms with Gasteiger partial charge in [-0.05, 0) is 31.9 Å². The van der Waals surface area contributed by atoms with Crippen molar-refractivity contribution in [2.24, 2.45) is 5.73 Å². The lowest BCUT2D eigenvalue weighted by atomic mass is 10.0. The zero-order chi connectivity index (χ0) is 14.0. The molecule has 0 fully saturated rings. The Kier molecular flexibility index (Phi) is 4.37. The Morgan fingerprint density at radius 2 is 2.11 bits per heavy atom. The number of aromatic nitrogens is 3. The lowest BCUT2D eigenvalue weighted by molar-refractivity contribution is 0.493. The van der Waals surface area contributed by atoms with Crippen molar-refractivity contribution in [1.29, 1.82) is 0 Å². The third-order valence-electron chi connectivity index (χ3n) is 3.16. The highest BCUT2D eigenvalue weighted by molar-refractivity contribution is 9.10. The molecule has 0 aliphatic rings. The van der Waals surface area contributed by atoms with Crippen LogP contribution in [0.25, 0.3) is 0 Å². The van der Waals surface area contributed by atoms with E-state index in [0.717, 1.165) is 15.9 Å². The highest BCUT2D eigenvalue weighted by Gasteiger charge is 2.16. The molecular formula is C14H19BrN4. The van der Waals surface area contributed by atoms with E-state index in [9.17, 15) is 0 Å². The van der Waals surface area contributed by atoms with E-state index in [0.29, 0.717) is 12.5 Å². The number of hydrogen-bond acceptors (Lipinski definition) is 3. The van der Waals surface area contributed by atoms with Crippen LogP contribution in [0, 0.1) is 6.92 Å². The molecule has 2 N–H and O–H groups in total. The normalized spacial score (nSPS) is 12.9. The van der Waals surface area contributed by atoms with E-state index in [-0.39, 0.29) is 6.04 Å². The molecule has 0 saturated heterocycles. The summed E-state index contributed by atoms with van der Waals surface area (Å²) in [5, 5.41) is 4.24. The predicted octanol–water partition coefficient (Wildman–Crippen LogP) is 3.17. The number of nitrogens with zero attached hydrogens (tertiary/aromatic N) is 3. The molecule has 0 amide bonds. The van der Waals surface area contributed by atoms with Gasteiger partial charge in [0.05, 0.1) is 0 Å². The monoisotopic (exact) mass is 322 g/mol. The Morgan fingerprint density at radius 3 is 2.79 bits per heavy atom. The number of aryl methyl sites for hydroxylation is 1. The largest absolute Gasteiger partial charge is 0.324 e. The molecule has 2 rings (SSSR count). The van der Waals surface area contributed by atoms with Crippen molar-refractivity contribution in [1.82, 2.24) is 14.8 Å². The highest BCUT2D eigenvalue weighted by atomic mass is 79.9. The van der Waals surface area contributed by atoms with Crippen molar-refractivity contribution in [3.05, 3.63) is 46.0 Å². The van der Waals surface area contributed by atoms with Crippen molar-refractivity contribution >= 4 is 15.9 Å². The van der Waals surface area contributed by atoms with Crippen LogP contribution in [0.1, 0.15) is 42.9 Å². The SMILES string of the molecule is Cc1cccc(C(N)Cc2ncnn2C(C)C)c1Br. The molecule has 5 heteroatoms. The zero-order valence-corrected chi connectivity index (χ0v) is 13.1. The lowest BCUT2D eigenvalue weighted by Crippen LogP contribution is -2.18. The average molecular weight is 323 g/mol. The van der Waals surface area contributed by atoms with E-state index >= 15 is 0 Å². The Labute approximate surface area is 122 Å². The summed E-state index contributed by atoms with van der Waals surface area (Å²) >= 11 is 3.61. The molecule has 2 aromatic rings. The Hall–Kier alpha value is -1.20. The van der Waals surface area contributed by atoms with Gasteiger partial charge in [-0.3, -0.25) is 0 Å². The average Bonchev–Trinajstić information content (AvgIpc) is 2.80. The molecule has 0 aliphatic heterocycles. The van der Waals surface area contributed by atoms with E-state index in [1.54, 1.807) is 6.33 Å². The number of rotatable bonds is 4. The molecule has 1 aromatic carbocycles. The molecular weight excluding hydrogens is 304 g/mol. The molecule has 0 saturated carbocycles. The van der Waals surface area contributed by atoms with E-state index in [4.69, 9.17) is 5.73 Å². The first kappa shape index (κ1) is 14.2. The van der Waals surface area contributed by atoms with Gasteiger partial charge in [-0.2, -0.15) is 5.10 Å². The van der Waals surface area contributed by atoms with Gasteiger partial charge in [-0.15, -0.1) is 0 Å². The lowest BCUT2D eigenvalue weighted by Gasteiger charge is -2.16. The standard InChI is InChI=1S/C14H19BrN4/c1-9(2)19-13(17-8-18-19)7-12(16)11-6-4-5-10(3)14(11)15/h4-6,8-9,12H,7,16H2,1-3H3. The van der Waals surface area contributed by atoms with Crippen LogP contribution in [-0.4, -0.2) is 14.8 Å². The molecule has 1 unspecified atom stereocenters. The van der Waals surface area contributed by atoms with Crippen LogP contribution < -0.4 is 5.73 Å². The summed E-state index contributed by atoms with van der Waals surface area (Å²) in [4.78, 5) is 4.31. The van der Waals surface area contributed by atoms with Crippen LogP contribution in [0.4, 0.5) is 0 Å². The summed E-state index contributed by atoms with van der Waals surface area (Å²) in [6, 6.07) is 6.36. The van der Waals surface area contributed by atoms with Crippen LogP contribution in [0.3, 0.4) is 0 Å². The first-order chi connectivity index (χ1) is 9.00. The topological polar surface area (TPSA) is 56.7 Å². The summed E-state index contributed by atoms with van der Waals surface area (Å²) in [6.07, 6.45) is 2.27. The van der Waals surface area contributed by atoms with Crippen molar-refractivity contribution in [3.63, 3.8) is 0 Å². The number of hydrogen-bond donors (Lipinski definition) is 1. The van der Waals surface area contributed by atoms with Crippen molar-refractivity contribution in [3.8, 4) is 0 Å². The number of benzene rings is 1. The molecule has 0 spiro atoms. The third kappa shape index (κ3) is 3.04. The van der Waals surface area contributed by atoms with Gasteiger partial charge in [0.1, 0.15) is 12.2 Å². The first-order valence-corrected chi connectivity index (χ1v) is 7.19. The molecule has 19 heavy (non-hydrogen) atoms. The Bertz CT molecular complexity index is 562. The molecule has 102 valence electrons. The van der Waals surface area contributed by atoms with Gasteiger partial charge in [0.15, 0.2) is 0 Å². The maximum absolute atomic E-state index is 6.31.